The van der Waals surface area contributed by atoms with Gasteiger partial charge in [-0.2, -0.15) is 5.10 Å². The van der Waals surface area contributed by atoms with Gasteiger partial charge in [0.25, 0.3) is 0 Å². The number of rotatable bonds is 7. The van der Waals surface area contributed by atoms with Crippen molar-refractivity contribution in [1.29, 1.82) is 0 Å². The van der Waals surface area contributed by atoms with Gasteiger partial charge in [-0.25, -0.2) is 0 Å². The molecule has 0 radical (unpaired) electrons. The first kappa shape index (κ1) is 19.2. The first-order valence-corrected chi connectivity index (χ1v) is 10.0. The number of carbonyl (C=O) groups excluding carboxylic acids is 1. The van der Waals surface area contributed by atoms with Crippen molar-refractivity contribution in [3.05, 3.63) is 53.1 Å². The van der Waals surface area contributed by atoms with E-state index in [0.717, 1.165) is 27.8 Å². The van der Waals surface area contributed by atoms with Crippen molar-refractivity contribution < 1.29 is 4.79 Å². The summed E-state index contributed by atoms with van der Waals surface area (Å²) in [5.74, 6) is 0.681. The van der Waals surface area contributed by atoms with Gasteiger partial charge in [-0.1, -0.05) is 30.0 Å². The van der Waals surface area contributed by atoms with Crippen LogP contribution in [-0.2, 0) is 17.9 Å². The third-order valence-electron chi connectivity index (χ3n) is 4.34. The number of para-hydroxylation sites is 1. The highest BCUT2D eigenvalue weighted by molar-refractivity contribution is 7.98. The van der Waals surface area contributed by atoms with E-state index in [0.29, 0.717) is 25.3 Å². The van der Waals surface area contributed by atoms with Gasteiger partial charge < -0.3 is 5.32 Å². The number of carbonyl (C=O) groups is 1. The summed E-state index contributed by atoms with van der Waals surface area (Å²) in [6, 6.07) is 10.1. The first-order valence-electron chi connectivity index (χ1n) is 8.81. The Hall–Kier alpha value is -2.61. The van der Waals surface area contributed by atoms with E-state index in [2.05, 4.69) is 33.6 Å². The summed E-state index contributed by atoms with van der Waals surface area (Å²) in [7, 11) is 0. The van der Waals surface area contributed by atoms with E-state index in [9.17, 15) is 4.79 Å². The summed E-state index contributed by atoms with van der Waals surface area (Å²) < 4.78 is 3.86. The van der Waals surface area contributed by atoms with Crippen LogP contribution in [0.1, 0.15) is 29.2 Å². The summed E-state index contributed by atoms with van der Waals surface area (Å²) in [5.41, 5.74) is 4.18. The van der Waals surface area contributed by atoms with Gasteiger partial charge in [0.2, 0.25) is 5.91 Å². The Morgan fingerprint density at radius 2 is 1.96 bits per heavy atom. The Morgan fingerprint density at radius 3 is 2.63 bits per heavy atom. The summed E-state index contributed by atoms with van der Waals surface area (Å²) >= 11 is 1.53. The van der Waals surface area contributed by atoms with E-state index in [1.165, 1.54) is 11.8 Å². The molecule has 3 aromatic rings. The summed E-state index contributed by atoms with van der Waals surface area (Å²) in [6.45, 7) is 6.89. The normalized spacial score (nSPS) is 11.0. The minimum Gasteiger partial charge on any atom is -0.349 e. The zero-order valence-corrected chi connectivity index (χ0v) is 16.9. The second kappa shape index (κ2) is 8.39. The number of benzene rings is 1. The molecule has 8 heteroatoms. The van der Waals surface area contributed by atoms with Crippen LogP contribution in [0.5, 0.6) is 0 Å². The van der Waals surface area contributed by atoms with Crippen LogP contribution in [0.15, 0.2) is 35.5 Å². The third kappa shape index (κ3) is 4.39. The number of hydrogen-bond acceptors (Lipinski definition) is 5. The molecule has 1 amide bonds. The molecule has 27 heavy (non-hydrogen) atoms. The van der Waals surface area contributed by atoms with Gasteiger partial charge in [-0.3, -0.25) is 14.0 Å². The van der Waals surface area contributed by atoms with Crippen LogP contribution in [0.3, 0.4) is 0 Å². The fourth-order valence-corrected chi connectivity index (χ4v) is 3.49. The molecule has 2 aromatic heterocycles. The van der Waals surface area contributed by atoms with Crippen molar-refractivity contribution in [2.75, 3.05) is 6.26 Å². The van der Waals surface area contributed by atoms with E-state index < -0.39 is 0 Å². The maximum absolute atomic E-state index is 12.3. The lowest BCUT2D eigenvalue weighted by atomic mass is 10.2. The average molecular weight is 385 g/mol. The minimum absolute atomic E-state index is 0.0346. The Morgan fingerprint density at radius 1 is 1.19 bits per heavy atom. The quantitative estimate of drug-likeness (QED) is 0.634. The van der Waals surface area contributed by atoms with Gasteiger partial charge in [0, 0.05) is 18.7 Å². The van der Waals surface area contributed by atoms with Gasteiger partial charge in [-0.05, 0) is 44.7 Å². The SMILES string of the molecule is CSc1nnc(CNC(=O)CCn2nc(C)cc2C)n1-c1ccccc1C. The van der Waals surface area contributed by atoms with Crippen LogP contribution in [0.2, 0.25) is 0 Å². The lowest BCUT2D eigenvalue weighted by Crippen LogP contribution is -2.26. The van der Waals surface area contributed by atoms with Crippen LogP contribution in [0, 0.1) is 20.8 Å². The summed E-state index contributed by atoms with van der Waals surface area (Å²) in [4.78, 5) is 12.3. The zero-order valence-electron chi connectivity index (χ0n) is 16.1. The summed E-state index contributed by atoms with van der Waals surface area (Å²) in [6.07, 6.45) is 2.34. The molecule has 0 unspecified atom stereocenters. The zero-order chi connectivity index (χ0) is 19.4. The molecular formula is C19H24N6OS. The van der Waals surface area contributed by atoms with Crippen LogP contribution in [0.4, 0.5) is 0 Å². The van der Waals surface area contributed by atoms with E-state index in [4.69, 9.17) is 0 Å². The molecule has 2 heterocycles. The van der Waals surface area contributed by atoms with Gasteiger partial charge in [0.05, 0.1) is 17.9 Å². The second-order valence-corrected chi connectivity index (χ2v) is 7.18. The van der Waals surface area contributed by atoms with E-state index in [1.807, 2.05) is 53.6 Å². The molecular weight excluding hydrogens is 360 g/mol. The minimum atomic E-state index is -0.0346. The predicted molar refractivity (Wildman–Crippen MR) is 106 cm³/mol. The van der Waals surface area contributed by atoms with Gasteiger partial charge >= 0.3 is 0 Å². The fraction of sp³-hybridized carbons (Fsp3) is 0.368. The first-order chi connectivity index (χ1) is 13.0. The van der Waals surface area contributed by atoms with Crippen LogP contribution in [-0.4, -0.2) is 36.7 Å². The maximum Gasteiger partial charge on any atom is 0.222 e. The Balaban J connectivity index is 1.68. The molecule has 0 bridgehead atoms. The largest absolute Gasteiger partial charge is 0.349 e. The molecule has 0 spiro atoms. The highest BCUT2D eigenvalue weighted by Crippen LogP contribution is 2.22. The van der Waals surface area contributed by atoms with Gasteiger partial charge in [0.1, 0.15) is 0 Å². The molecule has 0 aliphatic heterocycles. The Labute approximate surface area is 163 Å². The van der Waals surface area contributed by atoms with Crippen molar-refractivity contribution in [3.8, 4) is 5.69 Å². The number of hydrogen-bond donors (Lipinski definition) is 1. The predicted octanol–water partition coefficient (Wildman–Crippen LogP) is 2.82. The topological polar surface area (TPSA) is 77.6 Å². The molecule has 0 saturated heterocycles. The van der Waals surface area contributed by atoms with Crippen molar-refractivity contribution >= 4 is 17.7 Å². The average Bonchev–Trinajstić information content (AvgIpc) is 3.20. The lowest BCUT2D eigenvalue weighted by molar-refractivity contribution is -0.121. The molecule has 0 atom stereocenters. The van der Waals surface area contributed by atoms with Crippen LogP contribution >= 0.6 is 11.8 Å². The van der Waals surface area contributed by atoms with Crippen LogP contribution < -0.4 is 5.32 Å². The number of nitrogens with zero attached hydrogens (tertiary/aromatic N) is 5. The maximum atomic E-state index is 12.3. The molecule has 3 rings (SSSR count). The van der Waals surface area contributed by atoms with Crippen molar-refractivity contribution in [2.24, 2.45) is 0 Å². The van der Waals surface area contributed by atoms with Crippen molar-refractivity contribution in [2.45, 2.75) is 45.4 Å². The highest BCUT2D eigenvalue weighted by Gasteiger charge is 2.15. The highest BCUT2D eigenvalue weighted by atomic mass is 32.2. The Kier molecular flexibility index (Phi) is 5.95. The Bertz CT molecular complexity index is 946. The summed E-state index contributed by atoms with van der Waals surface area (Å²) in [5, 5.41) is 16.7. The lowest BCUT2D eigenvalue weighted by Gasteiger charge is -2.12. The molecule has 1 aromatic carbocycles. The van der Waals surface area contributed by atoms with Crippen molar-refractivity contribution in [1.82, 2.24) is 29.9 Å². The molecule has 0 fully saturated rings. The van der Waals surface area contributed by atoms with E-state index >= 15 is 0 Å². The van der Waals surface area contributed by atoms with Crippen LogP contribution in [0.25, 0.3) is 5.69 Å². The third-order valence-corrected chi connectivity index (χ3v) is 4.97. The number of amides is 1. The number of thioether (sulfide) groups is 1. The van der Waals surface area contributed by atoms with E-state index in [-0.39, 0.29) is 5.91 Å². The molecule has 1 N–H and O–H groups in total. The van der Waals surface area contributed by atoms with E-state index in [1.54, 1.807) is 0 Å². The van der Waals surface area contributed by atoms with Gasteiger partial charge in [-0.15, -0.1) is 10.2 Å². The monoisotopic (exact) mass is 384 g/mol. The number of nitrogens with one attached hydrogen (secondary N) is 1. The molecule has 0 aliphatic rings. The van der Waals surface area contributed by atoms with Crippen molar-refractivity contribution in [3.63, 3.8) is 0 Å². The fourth-order valence-electron chi connectivity index (χ4n) is 2.98. The second-order valence-electron chi connectivity index (χ2n) is 6.40. The molecule has 0 aliphatic carbocycles. The smallest absolute Gasteiger partial charge is 0.222 e. The number of aryl methyl sites for hydroxylation is 4. The number of aromatic nitrogens is 5. The molecule has 142 valence electrons. The van der Waals surface area contributed by atoms with Gasteiger partial charge in [0.15, 0.2) is 11.0 Å². The molecule has 0 saturated carbocycles. The standard InChI is InChI=1S/C19H24N6OS/c1-13-7-5-6-8-16(13)25-17(21-22-19(25)27-4)12-20-18(26)9-10-24-15(3)11-14(2)23-24/h5-8,11H,9-10,12H2,1-4H3,(H,20,26). The molecule has 7 nitrogen and oxygen atoms in total.